The van der Waals surface area contributed by atoms with E-state index < -0.39 is 47.0 Å². The van der Waals surface area contributed by atoms with Crippen LogP contribution in [0.3, 0.4) is 0 Å². The summed E-state index contributed by atoms with van der Waals surface area (Å²) in [5.41, 5.74) is 3.56. The first-order valence-corrected chi connectivity index (χ1v) is 10.4. The zero-order chi connectivity index (χ0) is 23.0. The van der Waals surface area contributed by atoms with E-state index in [4.69, 9.17) is 17.3 Å². The molecule has 2 saturated heterocycles. The number of anilines is 2. The van der Waals surface area contributed by atoms with E-state index in [1.54, 1.807) is 0 Å². The molecule has 2 aliphatic heterocycles. The topological polar surface area (TPSA) is 133 Å². The molecule has 12 heteroatoms. The normalized spacial score (nSPS) is 26.1. The zero-order valence-electron chi connectivity index (χ0n) is 16.8. The van der Waals surface area contributed by atoms with Crippen molar-refractivity contribution in [2.75, 3.05) is 24.1 Å². The van der Waals surface area contributed by atoms with Crippen molar-refractivity contribution in [2.24, 2.45) is 0 Å². The van der Waals surface area contributed by atoms with Crippen molar-refractivity contribution < 1.29 is 23.5 Å². The van der Waals surface area contributed by atoms with Crippen molar-refractivity contribution >= 4 is 34.9 Å². The third-order valence-electron chi connectivity index (χ3n) is 5.73. The predicted octanol–water partition coefficient (Wildman–Crippen LogP) is 1.17. The van der Waals surface area contributed by atoms with Gasteiger partial charge in [-0.15, -0.1) is 0 Å². The molecule has 32 heavy (non-hydrogen) atoms. The average Bonchev–Trinajstić information content (AvgIpc) is 2.72. The smallest absolute Gasteiger partial charge is 0.255 e. The van der Waals surface area contributed by atoms with Gasteiger partial charge >= 0.3 is 0 Å². The number of aliphatic hydroxyl groups is 1. The summed E-state index contributed by atoms with van der Waals surface area (Å²) < 4.78 is 29.1. The molecule has 0 saturated carbocycles. The van der Waals surface area contributed by atoms with E-state index in [0.717, 1.165) is 18.5 Å². The van der Waals surface area contributed by atoms with Gasteiger partial charge in [-0.1, -0.05) is 11.6 Å². The summed E-state index contributed by atoms with van der Waals surface area (Å²) in [7, 11) is 0. The van der Waals surface area contributed by atoms with Crippen LogP contribution in [0.5, 0.6) is 0 Å². The second kappa shape index (κ2) is 8.47. The van der Waals surface area contributed by atoms with E-state index in [2.05, 4.69) is 20.6 Å². The molecule has 3 atom stereocenters. The Balaban J connectivity index is 1.84. The lowest BCUT2D eigenvalue weighted by molar-refractivity contribution is -0.153. The van der Waals surface area contributed by atoms with Crippen LogP contribution in [0.25, 0.3) is 0 Å². The van der Waals surface area contributed by atoms with Crippen molar-refractivity contribution in [1.29, 1.82) is 0 Å². The van der Waals surface area contributed by atoms with Gasteiger partial charge in [0, 0.05) is 23.8 Å². The number of hydrogen-bond acceptors (Lipinski definition) is 7. The van der Waals surface area contributed by atoms with E-state index in [1.165, 1.54) is 11.0 Å². The SMILES string of the molecule is Nc1ncnc(C2(Nc3cc(F)cc(Cl)c3)CCCN([C@H]3C(=O)NCC[C@@H]3O)C2=O)c1F. The Kier molecular flexibility index (Phi) is 5.87. The highest BCUT2D eigenvalue weighted by atomic mass is 35.5. The van der Waals surface area contributed by atoms with Gasteiger partial charge in [0.15, 0.2) is 17.2 Å². The molecule has 0 spiro atoms. The fourth-order valence-electron chi connectivity index (χ4n) is 4.31. The minimum atomic E-state index is -1.84. The Hall–Kier alpha value is -3.05. The molecular weight excluding hydrogens is 446 g/mol. The third kappa shape index (κ3) is 3.82. The second-order valence-corrected chi connectivity index (χ2v) is 8.24. The first kappa shape index (κ1) is 22.2. The Bertz CT molecular complexity index is 1050. The fraction of sp³-hybridized carbons (Fsp3) is 0.400. The molecule has 2 aliphatic rings. The molecule has 0 aliphatic carbocycles. The van der Waals surface area contributed by atoms with Crippen LogP contribution >= 0.6 is 11.6 Å². The number of aliphatic hydroxyl groups excluding tert-OH is 1. The van der Waals surface area contributed by atoms with E-state index in [1.807, 2.05) is 0 Å². The van der Waals surface area contributed by atoms with Gasteiger partial charge in [-0.2, -0.15) is 0 Å². The van der Waals surface area contributed by atoms with Gasteiger partial charge in [-0.3, -0.25) is 9.59 Å². The summed E-state index contributed by atoms with van der Waals surface area (Å²) in [6.45, 7) is 0.435. The molecule has 2 aromatic rings. The quantitative estimate of drug-likeness (QED) is 0.531. The first-order chi connectivity index (χ1) is 15.2. The number of piperidine rings is 2. The van der Waals surface area contributed by atoms with Crippen LogP contribution < -0.4 is 16.4 Å². The van der Waals surface area contributed by atoms with Crippen LogP contribution in [0.4, 0.5) is 20.3 Å². The number of nitrogens with one attached hydrogen (secondary N) is 2. The fourth-order valence-corrected chi connectivity index (χ4v) is 4.53. The molecule has 0 bridgehead atoms. The summed E-state index contributed by atoms with van der Waals surface area (Å²) in [5.74, 6) is -3.35. The summed E-state index contributed by atoms with van der Waals surface area (Å²) in [6.07, 6.45) is 0.585. The number of aromatic nitrogens is 2. The molecule has 1 aromatic carbocycles. The standard InChI is InChI=1S/C20H21ClF2N6O3/c21-10-6-11(22)8-12(7-10)28-20(16-14(23)17(24)27-9-26-16)3-1-5-29(19(20)32)15-13(30)2-4-25-18(15)31/h6-9,13,15,28,30H,1-5H2,(H,25,31)(H2,24,26,27)/t13-,15+,20?/m0/s1. The van der Waals surface area contributed by atoms with Gasteiger partial charge in [0.2, 0.25) is 5.91 Å². The maximum atomic E-state index is 15.1. The number of nitrogen functional groups attached to an aromatic ring is 1. The molecule has 1 aromatic heterocycles. The van der Waals surface area contributed by atoms with Crippen LogP contribution in [0.15, 0.2) is 24.5 Å². The van der Waals surface area contributed by atoms with Crippen LogP contribution in [-0.4, -0.2) is 57.0 Å². The van der Waals surface area contributed by atoms with Crippen molar-refractivity contribution in [3.8, 4) is 0 Å². The van der Waals surface area contributed by atoms with E-state index in [9.17, 15) is 19.1 Å². The number of amides is 2. The number of carbonyl (C=O) groups is 2. The molecule has 2 amide bonds. The molecular formula is C20H21ClF2N6O3. The number of halogens is 3. The lowest BCUT2D eigenvalue weighted by atomic mass is 9.82. The van der Waals surface area contributed by atoms with Crippen molar-refractivity contribution in [1.82, 2.24) is 20.2 Å². The number of nitrogens with zero attached hydrogens (tertiary/aromatic N) is 3. The van der Waals surface area contributed by atoms with Gasteiger partial charge in [-0.25, -0.2) is 18.7 Å². The Morgan fingerprint density at radius 3 is 2.78 bits per heavy atom. The van der Waals surface area contributed by atoms with E-state index in [-0.39, 0.29) is 42.3 Å². The van der Waals surface area contributed by atoms with Crippen LogP contribution in [0, 0.1) is 11.6 Å². The number of hydrogen-bond donors (Lipinski definition) is 4. The number of likely N-dealkylation sites (tertiary alicyclic amines) is 1. The minimum Gasteiger partial charge on any atom is -0.390 e. The van der Waals surface area contributed by atoms with Crippen LogP contribution in [0.2, 0.25) is 5.02 Å². The summed E-state index contributed by atoms with van der Waals surface area (Å²) >= 11 is 5.96. The summed E-state index contributed by atoms with van der Waals surface area (Å²) in [6, 6.07) is 2.41. The van der Waals surface area contributed by atoms with Gasteiger partial charge < -0.3 is 26.4 Å². The largest absolute Gasteiger partial charge is 0.390 e. The number of rotatable bonds is 4. The van der Waals surface area contributed by atoms with Crippen molar-refractivity contribution in [3.63, 3.8) is 0 Å². The molecule has 4 rings (SSSR count). The van der Waals surface area contributed by atoms with Crippen LogP contribution in [0.1, 0.15) is 25.0 Å². The molecule has 170 valence electrons. The summed E-state index contributed by atoms with van der Waals surface area (Å²) in [4.78, 5) is 35.1. The first-order valence-electron chi connectivity index (χ1n) is 10.0. The molecule has 0 radical (unpaired) electrons. The maximum absolute atomic E-state index is 15.1. The monoisotopic (exact) mass is 466 g/mol. The highest BCUT2D eigenvalue weighted by Gasteiger charge is 2.52. The highest BCUT2D eigenvalue weighted by molar-refractivity contribution is 6.30. The Morgan fingerprint density at radius 2 is 2.06 bits per heavy atom. The van der Waals surface area contributed by atoms with E-state index in [0.29, 0.717) is 6.42 Å². The average molecular weight is 467 g/mol. The molecule has 2 fully saturated rings. The van der Waals surface area contributed by atoms with Gasteiger partial charge in [0.25, 0.3) is 5.91 Å². The highest BCUT2D eigenvalue weighted by Crippen LogP contribution is 2.39. The molecule has 9 nitrogen and oxygen atoms in total. The lowest BCUT2D eigenvalue weighted by Gasteiger charge is -2.46. The predicted molar refractivity (Wildman–Crippen MR) is 111 cm³/mol. The van der Waals surface area contributed by atoms with Gasteiger partial charge in [0.05, 0.1) is 6.10 Å². The van der Waals surface area contributed by atoms with Gasteiger partial charge in [-0.05, 0) is 37.5 Å². The number of benzene rings is 1. The lowest BCUT2D eigenvalue weighted by Crippen LogP contribution is -2.66. The summed E-state index contributed by atoms with van der Waals surface area (Å²) in [5, 5.41) is 16.0. The van der Waals surface area contributed by atoms with Gasteiger partial charge in [0.1, 0.15) is 23.9 Å². The zero-order valence-corrected chi connectivity index (χ0v) is 17.6. The second-order valence-electron chi connectivity index (χ2n) is 7.80. The van der Waals surface area contributed by atoms with Crippen molar-refractivity contribution in [2.45, 2.75) is 36.9 Å². The van der Waals surface area contributed by atoms with E-state index >= 15 is 4.39 Å². The molecule has 1 unspecified atom stereocenters. The molecule has 5 N–H and O–H groups in total. The third-order valence-corrected chi connectivity index (χ3v) is 5.94. The Morgan fingerprint density at radius 1 is 1.28 bits per heavy atom. The van der Waals surface area contributed by atoms with Crippen LogP contribution in [-0.2, 0) is 15.1 Å². The van der Waals surface area contributed by atoms with Crippen molar-refractivity contribution in [3.05, 3.63) is 46.9 Å². The Labute approximate surface area is 187 Å². The number of nitrogens with two attached hydrogens (primary N) is 1. The maximum Gasteiger partial charge on any atom is 0.255 e. The molecule has 3 heterocycles. The minimum absolute atomic E-state index is 0.0625. The number of carbonyl (C=O) groups excluding carboxylic acids is 2.